The molecule has 0 saturated heterocycles. The normalized spacial score (nSPS) is 10.9. The van der Waals surface area contributed by atoms with Crippen LogP contribution in [0.3, 0.4) is 0 Å². The third kappa shape index (κ3) is 3.93. The molecule has 2 aromatic rings. The van der Waals surface area contributed by atoms with Gasteiger partial charge in [0.1, 0.15) is 0 Å². The second-order valence-corrected chi connectivity index (χ2v) is 4.72. The molecule has 0 aliphatic rings. The van der Waals surface area contributed by atoms with Gasteiger partial charge in [-0.05, 0) is 36.7 Å². The molecule has 2 rings (SSSR count). The Morgan fingerprint density at radius 1 is 1.35 bits per heavy atom. The van der Waals surface area contributed by atoms with Crippen molar-refractivity contribution in [3.63, 3.8) is 0 Å². The number of hydrogen-bond acceptors (Lipinski definition) is 3. The van der Waals surface area contributed by atoms with E-state index in [1.165, 1.54) is 0 Å². The first-order valence-corrected chi connectivity index (χ1v) is 6.72. The first-order valence-electron chi connectivity index (χ1n) is 6.72. The van der Waals surface area contributed by atoms with Gasteiger partial charge in [-0.3, -0.25) is 9.69 Å². The van der Waals surface area contributed by atoms with Crippen molar-refractivity contribution >= 4 is 5.97 Å². The van der Waals surface area contributed by atoms with E-state index >= 15 is 0 Å². The van der Waals surface area contributed by atoms with E-state index in [9.17, 15) is 4.79 Å². The van der Waals surface area contributed by atoms with Crippen LogP contribution in [0.15, 0.2) is 42.7 Å². The van der Waals surface area contributed by atoms with Crippen LogP contribution in [0.25, 0.3) is 5.69 Å². The molecule has 0 fully saturated rings. The number of carbonyl (C=O) groups is 1. The van der Waals surface area contributed by atoms with E-state index < -0.39 is 5.97 Å². The topological polar surface area (TPSA) is 58.4 Å². The van der Waals surface area contributed by atoms with Crippen molar-refractivity contribution in [1.82, 2.24) is 14.7 Å². The predicted molar refractivity (Wildman–Crippen MR) is 76.8 cm³/mol. The van der Waals surface area contributed by atoms with E-state index in [1.54, 1.807) is 10.9 Å². The molecule has 0 spiro atoms. The maximum atomic E-state index is 10.8. The van der Waals surface area contributed by atoms with Crippen LogP contribution in [-0.2, 0) is 11.3 Å². The van der Waals surface area contributed by atoms with Crippen LogP contribution >= 0.6 is 0 Å². The first kappa shape index (κ1) is 14.3. The molecule has 5 nitrogen and oxygen atoms in total. The fraction of sp³-hybridized carbons (Fsp3) is 0.333. The van der Waals surface area contributed by atoms with Crippen LogP contribution < -0.4 is 0 Å². The van der Waals surface area contributed by atoms with Gasteiger partial charge in [0.15, 0.2) is 0 Å². The molecule has 0 radical (unpaired) electrons. The molecule has 0 amide bonds. The zero-order valence-electron chi connectivity index (χ0n) is 11.6. The Labute approximate surface area is 118 Å². The third-order valence-electron chi connectivity index (χ3n) is 3.01. The minimum absolute atomic E-state index is 0.0781. The number of rotatable bonds is 7. The van der Waals surface area contributed by atoms with Crippen LogP contribution in [0.2, 0.25) is 0 Å². The number of carboxylic acid groups (broad SMARTS) is 1. The number of carboxylic acids is 1. The quantitative estimate of drug-likeness (QED) is 0.840. The van der Waals surface area contributed by atoms with Gasteiger partial charge in [0.05, 0.1) is 12.2 Å². The first-order chi connectivity index (χ1) is 9.69. The van der Waals surface area contributed by atoms with E-state index in [-0.39, 0.29) is 6.54 Å². The van der Waals surface area contributed by atoms with E-state index in [1.807, 2.05) is 41.4 Å². The van der Waals surface area contributed by atoms with Gasteiger partial charge in [0.2, 0.25) is 0 Å². The Balaban J connectivity index is 2.03. The van der Waals surface area contributed by atoms with Crippen LogP contribution in [0.4, 0.5) is 0 Å². The lowest BCUT2D eigenvalue weighted by Gasteiger charge is -2.19. The van der Waals surface area contributed by atoms with Crippen molar-refractivity contribution in [2.45, 2.75) is 19.9 Å². The van der Waals surface area contributed by atoms with E-state index in [4.69, 9.17) is 5.11 Å². The summed E-state index contributed by atoms with van der Waals surface area (Å²) in [5.74, 6) is -0.786. The highest BCUT2D eigenvalue weighted by atomic mass is 16.4. The van der Waals surface area contributed by atoms with Crippen LogP contribution in [0.1, 0.15) is 18.9 Å². The molecule has 1 N–H and O–H groups in total. The smallest absolute Gasteiger partial charge is 0.317 e. The summed E-state index contributed by atoms with van der Waals surface area (Å²) in [5.41, 5.74) is 2.11. The van der Waals surface area contributed by atoms with Crippen LogP contribution in [0, 0.1) is 0 Å². The summed E-state index contributed by atoms with van der Waals surface area (Å²) >= 11 is 0. The molecule has 1 aromatic carbocycles. The molecule has 5 heteroatoms. The second-order valence-electron chi connectivity index (χ2n) is 4.72. The van der Waals surface area contributed by atoms with Crippen molar-refractivity contribution in [2.24, 2.45) is 0 Å². The van der Waals surface area contributed by atoms with Gasteiger partial charge in [0.25, 0.3) is 0 Å². The van der Waals surface area contributed by atoms with Crippen molar-refractivity contribution in [1.29, 1.82) is 0 Å². The maximum absolute atomic E-state index is 10.8. The molecule has 0 atom stereocenters. The standard InChI is InChI=1S/C15H19N3O2/c1-2-9-17(12-15(19)20)11-13-4-6-14(7-5-13)18-10-3-8-16-18/h3-8,10H,2,9,11-12H2,1H3,(H,19,20). The minimum atomic E-state index is -0.786. The highest BCUT2D eigenvalue weighted by molar-refractivity contribution is 5.69. The zero-order chi connectivity index (χ0) is 14.4. The van der Waals surface area contributed by atoms with E-state index in [0.29, 0.717) is 6.54 Å². The molecule has 0 bridgehead atoms. The maximum Gasteiger partial charge on any atom is 0.317 e. The van der Waals surface area contributed by atoms with E-state index in [0.717, 1.165) is 24.2 Å². The lowest BCUT2D eigenvalue weighted by atomic mass is 10.2. The van der Waals surface area contributed by atoms with Gasteiger partial charge in [-0.1, -0.05) is 19.1 Å². The molecule has 0 aliphatic carbocycles. The Bertz CT molecular complexity index is 535. The summed E-state index contributed by atoms with van der Waals surface area (Å²) in [6.07, 6.45) is 4.57. The third-order valence-corrected chi connectivity index (χ3v) is 3.01. The molecular formula is C15H19N3O2. The van der Waals surface area contributed by atoms with Crippen LogP contribution in [0.5, 0.6) is 0 Å². The van der Waals surface area contributed by atoms with Gasteiger partial charge in [-0.25, -0.2) is 4.68 Å². The molecular weight excluding hydrogens is 254 g/mol. The summed E-state index contributed by atoms with van der Waals surface area (Å²) in [6.45, 7) is 3.57. The Hall–Kier alpha value is -2.14. The largest absolute Gasteiger partial charge is 0.480 e. The number of benzene rings is 1. The lowest BCUT2D eigenvalue weighted by Crippen LogP contribution is -2.30. The molecule has 0 saturated carbocycles. The average Bonchev–Trinajstić information content (AvgIpc) is 2.93. The number of nitrogens with zero attached hydrogens (tertiary/aromatic N) is 3. The summed E-state index contributed by atoms with van der Waals surface area (Å²) in [7, 11) is 0. The van der Waals surface area contributed by atoms with Gasteiger partial charge < -0.3 is 5.11 Å². The predicted octanol–water partition coefficient (Wildman–Crippen LogP) is 2.17. The summed E-state index contributed by atoms with van der Waals surface area (Å²) in [4.78, 5) is 12.8. The van der Waals surface area contributed by atoms with Crippen molar-refractivity contribution < 1.29 is 9.90 Å². The summed E-state index contributed by atoms with van der Waals surface area (Å²) < 4.78 is 1.80. The monoisotopic (exact) mass is 273 g/mol. The Kier molecular flexibility index (Phi) is 4.90. The van der Waals surface area contributed by atoms with Crippen molar-refractivity contribution in [2.75, 3.05) is 13.1 Å². The van der Waals surface area contributed by atoms with Crippen molar-refractivity contribution in [3.05, 3.63) is 48.3 Å². The molecule has 106 valence electrons. The molecule has 0 unspecified atom stereocenters. The number of hydrogen-bond donors (Lipinski definition) is 1. The Morgan fingerprint density at radius 3 is 2.65 bits per heavy atom. The fourth-order valence-electron chi connectivity index (χ4n) is 2.16. The molecule has 0 aliphatic heterocycles. The van der Waals surface area contributed by atoms with Crippen molar-refractivity contribution in [3.8, 4) is 5.69 Å². The number of aliphatic carboxylic acids is 1. The average molecular weight is 273 g/mol. The minimum Gasteiger partial charge on any atom is -0.480 e. The summed E-state index contributed by atoms with van der Waals surface area (Å²) in [5, 5.41) is 13.1. The fourth-order valence-corrected chi connectivity index (χ4v) is 2.16. The van der Waals surface area contributed by atoms with Gasteiger partial charge in [0, 0.05) is 18.9 Å². The molecule has 1 heterocycles. The molecule has 1 aromatic heterocycles. The number of aromatic nitrogens is 2. The zero-order valence-corrected chi connectivity index (χ0v) is 11.6. The lowest BCUT2D eigenvalue weighted by molar-refractivity contribution is -0.138. The second kappa shape index (κ2) is 6.86. The van der Waals surface area contributed by atoms with Gasteiger partial charge >= 0.3 is 5.97 Å². The van der Waals surface area contributed by atoms with Crippen LogP contribution in [-0.4, -0.2) is 38.8 Å². The van der Waals surface area contributed by atoms with Gasteiger partial charge in [-0.2, -0.15) is 5.10 Å². The Morgan fingerprint density at radius 2 is 2.10 bits per heavy atom. The highest BCUT2D eigenvalue weighted by Crippen LogP contribution is 2.11. The van der Waals surface area contributed by atoms with Gasteiger partial charge in [-0.15, -0.1) is 0 Å². The molecule has 20 heavy (non-hydrogen) atoms. The summed E-state index contributed by atoms with van der Waals surface area (Å²) in [6, 6.07) is 9.90. The SMILES string of the molecule is CCCN(CC(=O)O)Cc1ccc(-n2cccn2)cc1. The van der Waals surface area contributed by atoms with E-state index in [2.05, 4.69) is 12.0 Å². The highest BCUT2D eigenvalue weighted by Gasteiger charge is 2.09.